The zero-order valence-corrected chi connectivity index (χ0v) is 16.1. The zero-order valence-electron chi connectivity index (χ0n) is 16.1. The van der Waals surface area contributed by atoms with Gasteiger partial charge in [-0.2, -0.15) is 10.2 Å². The quantitative estimate of drug-likeness (QED) is 0.356. The third-order valence-electron chi connectivity index (χ3n) is 4.33. The van der Waals surface area contributed by atoms with Gasteiger partial charge in [0.2, 0.25) is 0 Å². The lowest BCUT2D eigenvalue weighted by Crippen LogP contribution is -2.28. The molecule has 1 aliphatic heterocycles. The maximum atomic E-state index is 6.00. The standard InChI is InChI=1S/C22H26N2O3/c1-4-6-14-25-20-13-12-18(16(3)24-23-5-2)15-19(20)22-26-21(27-22)17-10-8-7-9-11-17/h5,7-13,15,21-22H,4,6,14H2,1-3H3/b23-5-,24-16+. The highest BCUT2D eigenvalue weighted by Crippen LogP contribution is 2.44. The molecule has 0 saturated carbocycles. The average molecular weight is 366 g/mol. The van der Waals surface area contributed by atoms with E-state index in [4.69, 9.17) is 14.2 Å². The Kier molecular flexibility index (Phi) is 6.74. The Morgan fingerprint density at radius 1 is 1.11 bits per heavy atom. The van der Waals surface area contributed by atoms with Crippen molar-refractivity contribution in [1.82, 2.24) is 0 Å². The molecule has 3 rings (SSSR count). The minimum absolute atomic E-state index is 0.345. The van der Waals surface area contributed by atoms with Crippen molar-refractivity contribution in [2.45, 2.75) is 46.2 Å². The molecule has 5 heteroatoms. The van der Waals surface area contributed by atoms with E-state index in [1.54, 1.807) is 6.21 Å². The predicted molar refractivity (Wildman–Crippen MR) is 107 cm³/mol. The molecule has 0 spiro atoms. The monoisotopic (exact) mass is 366 g/mol. The van der Waals surface area contributed by atoms with E-state index >= 15 is 0 Å². The highest BCUT2D eigenvalue weighted by molar-refractivity contribution is 5.99. The van der Waals surface area contributed by atoms with Gasteiger partial charge in [-0.05, 0) is 44.0 Å². The van der Waals surface area contributed by atoms with E-state index in [0.29, 0.717) is 6.61 Å². The van der Waals surface area contributed by atoms with Crippen LogP contribution in [0.4, 0.5) is 0 Å². The summed E-state index contributed by atoms with van der Waals surface area (Å²) in [7, 11) is 0. The van der Waals surface area contributed by atoms with Crippen molar-refractivity contribution < 1.29 is 14.2 Å². The second-order valence-corrected chi connectivity index (χ2v) is 6.36. The first kappa shape index (κ1) is 19.3. The summed E-state index contributed by atoms with van der Waals surface area (Å²) < 4.78 is 18.0. The van der Waals surface area contributed by atoms with E-state index in [1.807, 2.05) is 62.4 Å². The molecule has 0 amide bonds. The smallest absolute Gasteiger partial charge is 0.194 e. The lowest BCUT2D eigenvalue weighted by Gasteiger charge is -2.37. The van der Waals surface area contributed by atoms with Crippen LogP contribution in [-0.2, 0) is 9.47 Å². The highest BCUT2D eigenvalue weighted by atomic mass is 16.9. The molecule has 1 heterocycles. The number of rotatable bonds is 8. The first-order chi connectivity index (χ1) is 13.2. The largest absolute Gasteiger partial charge is 0.493 e. The fourth-order valence-corrected chi connectivity index (χ4v) is 2.77. The molecule has 0 aliphatic carbocycles. The Morgan fingerprint density at radius 2 is 1.89 bits per heavy atom. The lowest BCUT2D eigenvalue weighted by molar-refractivity contribution is -0.397. The van der Waals surface area contributed by atoms with Gasteiger partial charge in [-0.3, -0.25) is 0 Å². The number of unbranched alkanes of at least 4 members (excludes halogenated alkanes) is 1. The van der Waals surface area contributed by atoms with Crippen molar-refractivity contribution in [2.24, 2.45) is 10.2 Å². The summed E-state index contributed by atoms with van der Waals surface area (Å²) >= 11 is 0. The van der Waals surface area contributed by atoms with Crippen LogP contribution in [0, 0.1) is 0 Å². The van der Waals surface area contributed by atoms with Crippen molar-refractivity contribution in [2.75, 3.05) is 6.61 Å². The Bertz CT molecular complexity index is 796. The van der Waals surface area contributed by atoms with Crippen molar-refractivity contribution >= 4 is 11.9 Å². The summed E-state index contributed by atoms with van der Waals surface area (Å²) in [6, 6.07) is 15.9. The van der Waals surface area contributed by atoms with Gasteiger partial charge in [0.15, 0.2) is 12.6 Å². The maximum Gasteiger partial charge on any atom is 0.194 e. The van der Waals surface area contributed by atoms with E-state index < -0.39 is 6.29 Å². The van der Waals surface area contributed by atoms with Gasteiger partial charge in [-0.25, -0.2) is 0 Å². The van der Waals surface area contributed by atoms with E-state index in [1.165, 1.54) is 0 Å². The summed E-state index contributed by atoms with van der Waals surface area (Å²) in [5, 5.41) is 8.15. The van der Waals surface area contributed by atoms with Gasteiger partial charge in [-0.1, -0.05) is 43.7 Å². The molecule has 0 unspecified atom stereocenters. The second-order valence-electron chi connectivity index (χ2n) is 6.36. The number of hydrogen-bond donors (Lipinski definition) is 0. The van der Waals surface area contributed by atoms with Crippen LogP contribution in [0.5, 0.6) is 5.75 Å². The Hall–Kier alpha value is -2.50. The molecule has 0 aromatic heterocycles. The number of hydrogen-bond acceptors (Lipinski definition) is 5. The topological polar surface area (TPSA) is 52.4 Å². The van der Waals surface area contributed by atoms with Crippen LogP contribution in [0.25, 0.3) is 0 Å². The summed E-state index contributed by atoms with van der Waals surface area (Å²) in [6.45, 7) is 6.58. The maximum absolute atomic E-state index is 6.00. The lowest BCUT2D eigenvalue weighted by atomic mass is 10.0. The molecule has 5 nitrogen and oxygen atoms in total. The van der Waals surface area contributed by atoms with Gasteiger partial charge in [0, 0.05) is 11.8 Å². The van der Waals surface area contributed by atoms with E-state index in [0.717, 1.165) is 41.0 Å². The molecule has 142 valence electrons. The van der Waals surface area contributed by atoms with Crippen molar-refractivity contribution in [1.29, 1.82) is 0 Å². The summed E-state index contributed by atoms with van der Waals surface area (Å²) in [4.78, 5) is 0. The van der Waals surface area contributed by atoms with Gasteiger partial charge < -0.3 is 14.2 Å². The van der Waals surface area contributed by atoms with Crippen LogP contribution in [0.1, 0.15) is 62.9 Å². The zero-order chi connectivity index (χ0) is 19.1. The second kappa shape index (κ2) is 9.44. The van der Waals surface area contributed by atoms with Crippen LogP contribution < -0.4 is 4.74 Å². The van der Waals surface area contributed by atoms with Crippen molar-refractivity contribution in [3.63, 3.8) is 0 Å². The molecule has 0 radical (unpaired) electrons. The number of nitrogens with zero attached hydrogens (tertiary/aromatic N) is 2. The minimum atomic E-state index is -0.450. The van der Waals surface area contributed by atoms with Gasteiger partial charge in [0.05, 0.1) is 17.9 Å². The molecule has 2 aromatic rings. The Labute approximate surface area is 160 Å². The fourth-order valence-electron chi connectivity index (χ4n) is 2.77. The van der Waals surface area contributed by atoms with Gasteiger partial charge in [0.25, 0.3) is 0 Å². The highest BCUT2D eigenvalue weighted by Gasteiger charge is 2.35. The normalized spacial score (nSPS) is 19.9. The molecule has 1 aliphatic rings. The van der Waals surface area contributed by atoms with Gasteiger partial charge in [-0.15, -0.1) is 0 Å². The average Bonchev–Trinajstić information content (AvgIpc) is 2.67. The molecule has 0 bridgehead atoms. The minimum Gasteiger partial charge on any atom is -0.493 e. The summed E-state index contributed by atoms with van der Waals surface area (Å²) in [5.74, 6) is 0.788. The molecular formula is C22H26N2O3. The number of benzene rings is 2. The Balaban J connectivity index is 1.80. The van der Waals surface area contributed by atoms with E-state index in [2.05, 4.69) is 17.1 Å². The third-order valence-corrected chi connectivity index (χ3v) is 4.33. The van der Waals surface area contributed by atoms with Crippen LogP contribution >= 0.6 is 0 Å². The molecule has 0 N–H and O–H groups in total. The molecule has 2 aromatic carbocycles. The first-order valence-corrected chi connectivity index (χ1v) is 9.38. The van der Waals surface area contributed by atoms with Gasteiger partial charge in [0.1, 0.15) is 5.75 Å². The van der Waals surface area contributed by atoms with Crippen molar-refractivity contribution in [3.05, 3.63) is 65.2 Å². The number of ether oxygens (including phenoxy) is 3. The van der Waals surface area contributed by atoms with E-state index in [9.17, 15) is 0 Å². The molecule has 1 saturated heterocycles. The Morgan fingerprint density at radius 3 is 2.59 bits per heavy atom. The summed E-state index contributed by atoms with van der Waals surface area (Å²) in [6.07, 6.45) is 2.96. The van der Waals surface area contributed by atoms with Crippen LogP contribution in [-0.4, -0.2) is 18.5 Å². The molecular weight excluding hydrogens is 340 g/mol. The van der Waals surface area contributed by atoms with Crippen LogP contribution in [0.3, 0.4) is 0 Å². The third kappa shape index (κ3) is 4.81. The van der Waals surface area contributed by atoms with Crippen LogP contribution in [0.2, 0.25) is 0 Å². The predicted octanol–water partition coefficient (Wildman–Crippen LogP) is 5.42. The van der Waals surface area contributed by atoms with Crippen LogP contribution in [0.15, 0.2) is 58.7 Å². The van der Waals surface area contributed by atoms with E-state index in [-0.39, 0.29) is 6.29 Å². The molecule has 27 heavy (non-hydrogen) atoms. The molecule has 1 fully saturated rings. The SMILES string of the molecule is C/C=N\N=C(/C)c1ccc(OCCCC)c(C2OC(c3ccccc3)O2)c1. The summed E-state index contributed by atoms with van der Waals surface area (Å²) in [5.41, 5.74) is 3.68. The fraction of sp³-hybridized carbons (Fsp3) is 0.364. The molecule has 0 atom stereocenters. The van der Waals surface area contributed by atoms with Crippen molar-refractivity contribution in [3.8, 4) is 5.75 Å². The van der Waals surface area contributed by atoms with Gasteiger partial charge >= 0.3 is 0 Å². The first-order valence-electron chi connectivity index (χ1n) is 9.38.